The van der Waals surface area contributed by atoms with Gasteiger partial charge in [-0.1, -0.05) is 30.8 Å². The number of hydrogen-bond donors (Lipinski definition) is 2. The van der Waals surface area contributed by atoms with E-state index in [0.717, 1.165) is 10.3 Å². The fourth-order valence-corrected chi connectivity index (χ4v) is 3.26. The quantitative estimate of drug-likeness (QED) is 0.345. The molecule has 3 rings (SSSR count). The molecule has 0 saturated heterocycles. The number of aliphatic hydroxyl groups is 1. The van der Waals surface area contributed by atoms with Gasteiger partial charge in [0.25, 0.3) is 11.8 Å². The number of aliphatic hydroxyl groups excluding tert-OH is 1. The maximum atomic E-state index is 12.8. The van der Waals surface area contributed by atoms with Crippen molar-refractivity contribution in [3.05, 3.63) is 59.7 Å². The Labute approximate surface area is 151 Å². The summed E-state index contributed by atoms with van der Waals surface area (Å²) in [7, 11) is 0. The number of rotatable bonds is 7. The molecule has 0 aliphatic carbocycles. The average molecular weight is 355 g/mol. The number of carbonyl (C=O) groups is 2. The van der Waals surface area contributed by atoms with E-state index in [1.807, 2.05) is 12.1 Å². The summed E-state index contributed by atoms with van der Waals surface area (Å²) in [5.74, 6) is -0.720. The number of amides is 2. The van der Waals surface area contributed by atoms with Crippen molar-refractivity contribution in [3.8, 4) is 0 Å². The number of hydrogen-bond acceptors (Lipinski definition) is 5. The van der Waals surface area contributed by atoms with E-state index in [0.29, 0.717) is 22.1 Å². The third kappa shape index (κ3) is 3.26. The van der Waals surface area contributed by atoms with Crippen LogP contribution < -0.4 is 0 Å². The van der Waals surface area contributed by atoms with Crippen molar-refractivity contribution in [1.82, 2.24) is 4.90 Å². The second kappa shape index (κ2) is 7.37. The molecule has 2 unspecified atom stereocenters. The highest BCUT2D eigenvalue weighted by Crippen LogP contribution is 2.30. The molecule has 2 aromatic carbocycles. The Balaban J connectivity index is 1.77. The average Bonchev–Trinajstić information content (AvgIpc) is 2.63. The van der Waals surface area contributed by atoms with E-state index in [-0.39, 0.29) is 31.2 Å². The maximum absolute atomic E-state index is 12.8. The summed E-state index contributed by atoms with van der Waals surface area (Å²) < 4.78 is 0. The van der Waals surface area contributed by atoms with Crippen LogP contribution >= 0.6 is 0 Å². The van der Waals surface area contributed by atoms with Crippen LogP contribution in [-0.4, -0.2) is 45.8 Å². The predicted octanol–water partition coefficient (Wildman–Crippen LogP) is 3.01. The first kappa shape index (κ1) is 18.3. The Kier molecular flexibility index (Phi) is 5.18. The lowest BCUT2D eigenvalue weighted by molar-refractivity contribution is -0.273. The summed E-state index contributed by atoms with van der Waals surface area (Å²) in [4.78, 5) is 31.0. The van der Waals surface area contributed by atoms with Crippen LogP contribution in [0.1, 0.15) is 40.5 Å². The van der Waals surface area contributed by atoms with Crippen LogP contribution in [0.5, 0.6) is 0 Å². The molecule has 1 aliphatic rings. The first-order valence-electron chi connectivity index (χ1n) is 8.45. The SMILES string of the molecule is C=C(C)C(CC(O)CCN1C(=O)c2cccc3cccc(c23)C1=O)OO. The van der Waals surface area contributed by atoms with E-state index >= 15 is 0 Å². The third-order valence-electron chi connectivity index (χ3n) is 4.70. The van der Waals surface area contributed by atoms with Gasteiger partial charge >= 0.3 is 0 Å². The van der Waals surface area contributed by atoms with Gasteiger partial charge in [-0.3, -0.25) is 19.7 Å². The minimum atomic E-state index is -0.850. The number of benzene rings is 2. The van der Waals surface area contributed by atoms with Gasteiger partial charge in [0.1, 0.15) is 6.10 Å². The summed E-state index contributed by atoms with van der Waals surface area (Å²) in [6, 6.07) is 10.7. The fourth-order valence-electron chi connectivity index (χ4n) is 3.26. The summed E-state index contributed by atoms with van der Waals surface area (Å²) in [6.45, 7) is 5.45. The first-order chi connectivity index (χ1) is 12.4. The van der Waals surface area contributed by atoms with Gasteiger partial charge in [-0.25, -0.2) is 4.89 Å². The highest BCUT2D eigenvalue weighted by Gasteiger charge is 2.32. The predicted molar refractivity (Wildman–Crippen MR) is 96.9 cm³/mol. The highest BCUT2D eigenvalue weighted by molar-refractivity contribution is 6.25. The zero-order valence-electron chi connectivity index (χ0n) is 14.5. The van der Waals surface area contributed by atoms with Crippen LogP contribution in [0.3, 0.4) is 0 Å². The molecule has 2 N–H and O–H groups in total. The maximum Gasteiger partial charge on any atom is 0.261 e. The molecule has 0 spiro atoms. The van der Waals surface area contributed by atoms with Crippen molar-refractivity contribution in [3.63, 3.8) is 0 Å². The molecule has 6 nitrogen and oxygen atoms in total. The van der Waals surface area contributed by atoms with Crippen LogP contribution in [0.2, 0.25) is 0 Å². The molecule has 2 aromatic rings. The zero-order chi connectivity index (χ0) is 18.8. The molecule has 0 aromatic heterocycles. The second-order valence-corrected chi connectivity index (χ2v) is 6.59. The van der Waals surface area contributed by atoms with Gasteiger partial charge in [-0.05, 0) is 36.4 Å². The Morgan fingerprint density at radius 1 is 1.15 bits per heavy atom. The fraction of sp³-hybridized carbons (Fsp3) is 0.300. The van der Waals surface area contributed by atoms with Gasteiger partial charge in [0.15, 0.2) is 0 Å². The molecule has 1 heterocycles. The Hall–Kier alpha value is -2.54. The summed E-state index contributed by atoms with van der Waals surface area (Å²) in [5.41, 5.74) is 1.56. The van der Waals surface area contributed by atoms with Crippen molar-refractivity contribution in [2.24, 2.45) is 0 Å². The van der Waals surface area contributed by atoms with Crippen LogP contribution in [0, 0.1) is 0 Å². The summed E-state index contributed by atoms with van der Waals surface area (Å²) in [5, 5.41) is 20.6. The first-order valence-corrected chi connectivity index (χ1v) is 8.45. The molecule has 0 radical (unpaired) electrons. The number of nitrogens with zero attached hydrogens (tertiary/aromatic N) is 1. The van der Waals surface area contributed by atoms with Gasteiger partial charge in [-0.15, -0.1) is 0 Å². The second-order valence-electron chi connectivity index (χ2n) is 6.59. The lowest BCUT2D eigenvalue weighted by Gasteiger charge is -2.28. The van der Waals surface area contributed by atoms with Gasteiger partial charge < -0.3 is 5.11 Å². The van der Waals surface area contributed by atoms with Crippen molar-refractivity contribution in [2.75, 3.05) is 6.54 Å². The van der Waals surface area contributed by atoms with E-state index in [9.17, 15) is 14.7 Å². The van der Waals surface area contributed by atoms with Crippen molar-refractivity contribution < 1.29 is 24.8 Å². The molecule has 1 aliphatic heterocycles. The van der Waals surface area contributed by atoms with E-state index < -0.39 is 12.2 Å². The van der Waals surface area contributed by atoms with Crippen molar-refractivity contribution >= 4 is 22.6 Å². The molecule has 0 fully saturated rings. The number of imide groups is 1. The Bertz CT molecular complexity index is 825. The molecule has 0 bridgehead atoms. The van der Waals surface area contributed by atoms with Crippen LogP contribution in [-0.2, 0) is 4.89 Å². The minimum absolute atomic E-state index is 0.0812. The van der Waals surface area contributed by atoms with Gasteiger partial charge in [0, 0.05) is 29.5 Å². The standard InChI is InChI=1S/C20H21NO5/c1-12(2)17(26-25)11-14(22)9-10-21-19(23)15-7-3-5-13-6-4-8-16(18(13)15)20(21)24/h3-8,14,17,22,25H,1,9-11H2,2H3. The molecular formula is C20H21NO5. The van der Waals surface area contributed by atoms with Gasteiger partial charge in [0.2, 0.25) is 0 Å². The highest BCUT2D eigenvalue weighted by atomic mass is 17.1. The molecule has 2 atom stereocenters. The monoisotopic (exact) mass is 355 g/mol. The summed E-state index contributed by atoms with van der Waals surface area (Å²) >= 11 is 0. The summed E-state index contributed by atoms with van der Waals surface area (Å²) in [6.07, 6.45) is -1.22. The van der Waals surface area contributed by atoms with Crippen molar-refractivity contribution in [1.29, 1.82) is 0 Å². The largest absolute Gasteiger partial charge is 0.393 e. The molecule has 0 saturated carbocycles. The Morgan fingerprint density at radius 3 is 2.23 bits per heavy atom. The van der Waals surface area contributed by atoms with Crippen LogP contribution in [0.15, 0.2) is 48.6 Å². The van der Waals surface area contributed by atoms with Gasteiger partial charge in [-0.2, -0.15) is 0 Å². The normalized spacial score (nSPS) is 16.0. The van der Waals surface area contributed by atoms with Crippen LogP contribution in [0.25, 0.3) is 10.8 Å². The molecule has 6 heteroatoms. The van der Waals surface area contributed by atoms with E-state index in [1.54, 1.807) is 31.2 Å². The lowest BCUT2D eigenvalue weighted by atomic mass is 9.94. The van der Waals surface area contributed by atoms with E-state index in [1.165, 1.54) is 0 Å². The third-order valence-corrected chi connectivity index (χ3v) is 4.70. The molecular weight excluding hydrogens is 334 g/mol. The van der Waals surface area contributed by atoms with Gasteiger partial charge in [0.05, 0.1) is 6.10 Å². The smallest absolute Gasteiger partial charge is 0.261 e. The Morgan fingerprint density at radius 2 is 1.73 bits per heavy atom. The van der Waals surface area contributed by atoms with E-state index in [4.69, 9.17) is 5.26 Å². The molecule has 2 amide bonds. The van der Waals surface area contributed by atoms with Crippen molar-refractivity contribution in [2.45, 2.75) is 32.0 Å². The molecule has 26 heavy (non-hydrogen) atoms. The topological polar surface area (TPSA) is 87.1 Å². The molecule has 136 valence electrons. The van der Waals surface area contributed by atoms with Crippen LogP contribution in [0.4, 0.5) is 0 Å². The van der Waals surface area contributed by atoms with E-state index in [2.05, 4.69) is 11.5 Å². The zero-order valence-corrected chi connectivity index (χ0v) is 14.5. The minimum Gasteiger partial charge on any atom is -0.393 e. The lowest BCUT2D eigenvalue weighted by Crippen LogP contribution is -2.42. The number of carbonyl (C=O) groups excluding carboxylic acids is 2.